The van der Waals surface area contributed by atoms with Gasteiger partial charge in [0.1, 0.15) is 0 Å². The molecule has 1 aliphatic rings. The molecule has 0 radical (unpaired) electrons. The molecule has 0 amide bonds. The maximum absolute atomic E-state index is 5.08. The van der Waals surface area contributed by atoms with Gasteiger partial charge in [0.05, 0.1) is 13.2 Å². The molecule has 5 heteroatoms. The molecular formula is C4H12Cl2NOP. The minimum Gasteiger partial charge on any atom is -0.379 e. The minimum atomic E-state index is 0. The molecule has 0 aromatic carbocycles. The van der Waals surface area contributed by atoms with Crippen LogP contribution in [-0.4, -0.2) is 31.0 Å². The highest BCUT2D eigenvalue weighted by molar-refractivity contribution is 7.13. The lowest BCUT2D eigenvalue weighted by Gasteiger charge is -2.20. The summed E-state index contributed by atoms with van der Waals surface area (Å²) in [4.78, 5) is 0. The summed E-state index contributed by atoms with van der Waals surface area (Å²) in [6.45, 7) is 3.91. The van der Waals surface area contributed by atoms with Crippen LogP contribution >= 0.6 is 34.2 Å². The molecule has 1 rings (SSSR count). The van der Waals surface area contributed by atoms with Crippen LogP contribution in [0.3, 0.4) is 0 Å². The smallest absolute Gasteiger partial charge is 0.0597 e. The monoisotopic (exact) mass is 191 g/mol. The van der Waals surface area contributed by atoms with E-state index >= 15 is 0 Å². The molecule has 1 saturated heterocycles. The van der Waals surface area contributed by atoms with Crippen molar-refractivity contribution in [2.24, 2.45) is 0 Å². The van der Waals surface area contributed by atoms with Gasteiger partial charge < -0.3 is 4.74 Å². The van der Waals surface area contributed by atoms with Crippen molar-refractivity contribution in [2.75, 3.05) is 26.3 Å². The molecule has 1 unspecified atom stereocenters. The normalized spacial score (nSPS) is 19.7. The Morgan fingerprint density at radius 2 is 1.56 bits per heavy atom. The van der Waals surface area contributed by atoms with Crippen LogP contribution in [0.5, 0.6) is 0 Å². The Balaban J connectivity index is 0. The molecule has 1 aliphatic heterocycles. The van der Waals surface area contributed by atoms with Crippen LogP contribution in [0.4, 0.5) is 0 Å². The largest absolute Gasteiger partial charge is 0.379 e. The third kappa shape index (κ3) is 5.38. The quantitative estimate of drug-likeness (QED) is 0.530. The van der Waals surface area contributed by atoms with E-state index in [1.807, 2.05) is 0 Å². The van der Waals surface area contributed by atoms with Crippen LogP contribution in [0.25, 0.3) is 0 Å². The third-order valence-electron chi connectivity index (χ3n) is 1.05. The maximum atomic E-state index is 5.08. The zero-order chi connectivity index (χ0) is 5.11. The molecule has 0 aliphatic carbocycles. The molecule has 0 bridgehead atoms. The van der Waals surface area contributed by atoms with Crippen LogP contribution in [0.15, 0.2) is 0 Å². The first-order chi connectivity index (χ1) is 3.39. The molecule has 0 spiro atoms. The number of ether oxygens (including phenoxy) is 1. The summed E-state index contributed by atoms with van der Waals surface area (Å²) in [7, 11) is 2.66. The van der Waals surface area contributed by atoms with Crippen LogP contribution in [0.2, 0.25) is 0 Å². The van der Waals surface area contributed by atoms with Crippen molar-refractivity contribution in [3.63, 3.8) is 0 Å². The molecule has 1 fully saturated rings. The van der Waals surface area contributed by atoms with Gasteiger partial charge in [0.15, 0.2) is 0 Å². The molecular weight excluding hydrogens is 180 g/mol. The minimum absolute atomic E-state index is 0. The van der Waals surface area contributed by atoms with Gasteiger partial charge in [-0.1, -0.05) is 9.39 Å². The van der Waals surface area contributed by atoms with Crippen LogP contribution in [0.1, 0.15) is 0 Å². The van der Waals surface area contributed by atoms with Gasteiger partial charge in [-0.15, -0.1) is 24.8 Å². The predicted molar refractivity (Wildman–Crippen MR) is 46.6 cm³/mol. The lowest BCUT2D eigenvalue weighted by Crippen LogP contribution is -2.28. The highest BCUT2D eigenvalue weighted by Crippen LogP contribution is 2.00. The highest BCUT2D eigenvalue weighted by atomic mass is 35.5. The second-order valence-corrected chi connectivity index (χ2v) is 2.38. The first-order valence-electron chi connectivity index (χ1n) is 2.47. The number of hydrogen-bond acceptors (Lipinski definition) is 2. The van der Waals surface area contributed by atoms with Gasteiger partial charge in [-0.3, -0.25) is 4.67 Å². The zero-order valence-electron chi connectivity index (χ0n) is 5.08. The van der Waals surface area contributed by atoms with E-state index in [-0.39, 0.29) is 24.8 Å². The van der Waals surface area contributed by atoms with E-state index in [2.05, 4.69) is 14.1 Å². The average Bonchev–Trinajstić information content (AvgIpc) is 1.69. The molecule has 1 heterocycles. The number of nitrogens with zero attached hydrogens (tertiary/aromatic N) is 1. The Hall–Kier alpha value is 0.930. The molecule has 58 valence electrons. The summed E-state index contributed by atoms with van der Waals surface area (Å²) in [5.41, 5.74) is 0. The summed E-state index contributed by atoms with van der Waals surface area (Å²) in [5.74, 6) is 0. The Bertz CT molecular complexity index is 60.5. The van der Waals surface area contributed by atoms with E-state index in [0.717, 1.165) is 26.3 Å². The van der Waals surface area contributed by atoms with E-state index in [1.54, 1.807) is 0 Å². The van der Waals surface area contributed by atoms with E-state index < -0.39 is 0 Å². The van der Waals surface area contributed by atoms with Crippen LogP contribution in [0, 0.1) is 0 Å². The Labute approximate surface area is 70.4 Å². The van der Waals surface area contributed by atoms with E-state index in [9.17, 15) is 0 Å². The first-order valence-corrected chi connectivity index (χ1v) is 2.98. The zero-order valence-corrected chi connectivity index (χ0v) is 7.87. The summed E-state index contributed by atoms with van der Waals surface area (Å²) in [6.07, 6.45) is 0. The van der Waals surface area contributed by atoms with Crippen molar-refractivity contribution in [1.29, 1.82) is 0 Å². The predicted octanol–water partition coefficient (Wildman–Crippen LogP) is 0.952. The van der Waals surface area contributed by atoms with Crippen molar-refractivity contribution >= 4 is 34.2 Å². The summed E-state index contributed by atoms with van der Waals surface area (Å²) >= 11 is 0. The molecule has 0 N–H and O–H groups in total. The lowest BCUT2D eigenvalue weighted by atomic mass is 10.5. The number of rotatable bonds is 0. The molecule has 1 atom stereocenters. The van der Waals surface area contributed by atoms with Gasteiger partial charge in [0.2, 0.25) is 0 Å². The second kappa shape index (κ2) is 7.04. The Morgan fingerprint density at radius 3 is 1.78 bits per heavy atom. The summed E-state index contributed by atoms with van der Waals surface area (Å²) in [5, 5.41) is 0. The van der Waals surface area contributed by atoms with Crippen molar-refractivity contribution in [1.82, 2.24) is 4.67 Å². The van der Waals surface area contributed by atoms with Crippen molar-refractivity contribution in [2.45, 2.75) is 0 Å². The van der Waals surface area contributed by atoms with Crippen molar-refractivity contribution < 1.29 is 4.74 Å². The van der Waals surface area contributed by atoms with E-state index in [0.29, 0.717) is 0 Å². The van der Waals surface area contributed by atoms with Gasteiger partial charge >= 0.3 is 0 Å². The SMILES string of the molecule is Cl.Cl.PN1CCOCC1. The second-order valence-electron chi connectivity index (χ2n) is 1.65. The van der Waals surface area contributed by atoms with Gasteiger partial charge in [-0.2, -0.15) is 0 Å². The fourth-order valence-electron chi connectivity index (χ4n) is 0.577. The van der Waals surface area contributed by atoms with Crippen molar-refractivity contribution in [3.8, 4) is 0 Å². The molecule has 0 saturated carbocycles. The number of halogens is 2. The fraction of sp³-hybridized carbons (Fsp3) is 1.00. The average molecular weight is 192 g/mol. The van der Waals surface area contributed by atoms with E-state index in [1.165, 1.54) is 0 Å². The maximum Gasteiger partial charge on any atom is 0.0597 e. The Kier molecular flexibility index (Phi) is 9.85. The van der Waals surface area contributed by atoms with Gasteiger partial charge in [0, 0.05) is 13.1 Å². The fourth-order valence-corrected chi connectivity index (χ4v) is 0.788. The van der Waals surface area contributed by atoms with Gasteiger partial charge in [-0.05, 0) is 0 Å². The standard InChI is InChI=1S/C4H10NOP.2ClH/c7-5-1-3-6-4-2-5;;/h1-4,7H2;2*1H. The Morgan fingerprint density at radius 1 is 1.11 bits per heavy atom. The molecule has 2 nitrogen and oxygen atoms in total. The van der Waals surface area contributed by atoms with Crippen LogP contribution in [-0.2, 0) is 4.74 Å². The van der Waals surface area contributed by atoms with Crippen molar-refractivity contribution in [3.05, 3.63) is 0 Å². The highest BCUT2D eigenvalue weighted by Gasteiger charge is 2.02. The first kappa shape index (κ1) is 12.6. The third-order valence-corrected chi connectivity index (χ3v) is 1.56. The molecule has 9 heavy (non-hydrogen) atoms. The summed E-state index contributed by atoms with van der Waals surface area (Å²) < 4.78 is 7.27. The number of hydrogen-bond donors (Lipinski definition) is 0. The van der Waals surface area contributed by atoms with Gasteiger partial charge in [0.25, 0.3) is 0 Å². The van der Waals surface area contributed by atoms with Crippen LogP contribution < -0.4 is 0 Å². The molecule has 0 aromatic heterocycles. The topological polar surface area (TPSA) is 12.5 Å². The van der Waals surface area contributed by atoms with Gasteiger partial charge in [-0.25, -0.2) is 0 Å². The van der Waals surface area contributed by atoms with E-state index in [4.69, 9.17) is 4.74 Å². The number of morpholine rings is 1. The lowest BCUT2D eigenvalue weighted by molar-refractivity contribution is 0.0769. The molecule has 0 aromatic rings. The summed E-state index contributed by atoms with van der Waals surface area (Å²) in [6, 6.07) is 0.